The van der Waals surface area contributed by atoms with Crippen molar-refractivity contribution < 1.29 is 4.74 Å². The summed E-state index contributed by atoms with van der Waals surface area (Å²) in [5, 5.41) is 2.78. The first-order valence-electron chi connectivity index (χ1n) is 8.68. The van der Waals surface area contributed by atoms with Crippen molar-refractivity contribution in [3.63, 3.8) is 0 Å². The van der Waals surface area contributed by atoms with E-state index in [9.17, 15) is 0 Å². The van der Waals surface area contributed by atoms with Crippen LogP contribution in [0.1, 0.15) is 29.9 Å². The molecule has 1 aliphatic heterocycles. The second kappa shape index (κ2) is 7.76. The number of hydrogen-bond acceptors (Lipinski definition) is 6. The maximum Gasteiger partial charge on any atom is 0.191 e. The lowest BCUT2D eigenvalue weighted by molar-refractivity contribution is 0.00203. The molecule has 0 saturated heterocycles. The van der Waals surface area contributed by atoms with E-state index in [1.807, 2.05) is 12.1 Å². The number of benzene rings is 1. The minimum Gasteiger partial charge on any atom is -0.383 e. The first kappa shape index (κ1) is 19.3. The number of thiophene rings is 1. The van der Waals surface area contributed by atoms with Crippen molar-refractivity contribution in [2.45, 2.75) is 43.9 Å². The van der Waals surface area contributed by atoms with Gasteiger partial charge >= 0.3 is 0 Å². The summed E-state index contributed by atoms with van der Waals surface area (Å²) in [6.07, 6.45) is 1.09. The molecule has 1 unspecified atom stereocenters. The Hall–Kier alpha value is -1.05. The molecule has 2 aromatic heterocycles. The third kappa shape index (κ3) is 3.91. The molecule has 1 aliphatic rings. The predicted molar refractivity (Wildman–Crippen MR) is 115 cm³/mol. The molecule has 0 amide bonds. The number of rotatable bonds is 4. The maximum atomic E-state index is 6.32. The normalized spacial score (nSPS) is 16.9. The standard InChI is InChI=1S/C19H19Cl2N3OS2/c1-9(2)14-6-11-15(7-25-14)27-18-16(11)17(22)23-19(24-18)26-8-10-3-4-12(20)13(21)5-10/h3-5,9,14H,6-8H2,1-2H3,(H2,22,23,24). The molecule has 1 atom stereocenters. The summed E-state index contributed by atoms with van der Waals surface area (Å²) in [5.74, 6) is 1.72. The minimum atomic E-state index is 0.221. The fraction of sp³-hybridized carbons (Fsp3) is 0.368. The van der Waals surface area contributed by atoms with E-state index in [-0.39, 0.29) is 6.10 Å². The Morgan fingerprint density at radius 1 is 1.30 bits per heavy atom. The smallest absolute Gasteiger partial charge is 0.191 e. The van der Waals surface area contributed by atoms with Crippen LogP contribution < -0.4 is 5.73 Å². The number of aromatic nitrogens is 2. The Kier molecular flexibility index (Phi) is 5.54. The van der Waals surface area contributed by atoms with Gasteiger partial charge in [-0.3, -0.25) is 0 Å². The van der Waals surface area contributed by atoms with Crippen LogP contribution >= 0.6 is 46.3 Å². The van der Waals surface area contributed by atoms with Crippen molar-refractivity contribution in [2.75, 3.05) is 5.73 Å². The minimum absolute atomic E-state index is 0.221. The number of anilines is 1. The Morgan fingerprint density at radius 3 is 2.85 bits per heavy atom. The van der Waals surface area contributed by atoms with Crippen LogP contribution in [0, 0.1) is 5.92 Å². The number of nitrogen functional groups attached to an aromatic ring is 1. The molecule has 8 heteroatoms. The first-order chi connectivity index (χ1) is 12.9. The lowest BCUT2D eigenvalue weighted by Gasteiger charge is -2.26. The maximum absolute atomic E-state index is 6.32. The molecule has 0 saturated carbocycles. The van der Waals surface area contributed by atoms with Crippen molar-refractivity contribution in [1.82, 2.24) is 9.97 Å². The van der Waals surface area contributed by atoms with Crippen LogP contribution in [0.15, 0.2) is 23.4 Å². The highest BCUT2D eigenvalue weighted by Crippen LogP contribution is 2.39. The molecule has 0 fully saturated rings. The Balaban J connectivity index is 1.60. The van der Waals surface area contributed by atoms with E-state index in [0.717, 1.165) is 22.2 Å². The molecule has 2 N–H and O–H groups in total. The van der Waals surface area contributed by atoms with E-state index in [1.54, 1.807) is 17.4 Å². The highest BCUT2D eigenvalue weighted by Gasteiger charge is 2.27. The van der Waals surface area contributed by atoms with Crippen LogP contribution in [0.2, 0.25) is 10.0 Å². The summed E-state index contributed by atoms with van der Waals surface area (Å²) >= 11 is 15.3. The Morgan fingerprint density at radius 2 is 2.11 bits per heavy atom. The lowest BCUT2D eigenvalue weighted by atomic mass is 9.96. The second-order valence-corrected chi connectivity index (χ2v) is 9.75. The highest BCUT2D eigenvalue weighted by atomic mass is 35.5. The Labute approximate surface area is 176 Å². The average Bonchev–Trinajstić information content (AvgIpc) is 3.00. The number of hydrogen-bond donors (Lipinski definition) is 1. The summed E-state index contributed by atoms with van der Waals surface area (Å²) in [4.78, 5) is 11.4. The van der Waals surface area contributed by atoms with E-state index in [1.165, 1.54) is 22.2 Å². The summed E-state index contributed by atoms with van der Waals surface area (Å²) in [6.45, 7) is 4.99. The van der Waals surface area contributed by atoms with E-state index in [0.29, 0.717) is 39.3 Å². The highest BCUT2D eigenvalue weighted by molar-refractivity contribution is 7.98. The van der Waals surface area contributed by atoms with Crippen LogP contribution in [0.4, 0.5) is 5.82 Å². The van der Waals surface area contributed by atoms with E-state index < -0.39 is 0 Å². The summed E-state index contributed by atoms with van der Waals surface area (Å²) in [5.41, 5.74) is 8.65. The molecule has 0 radical (unpaired) electrons. The Bertz CT molecular complexity index is 1010. The van der Waals surface area contributed by atoms with Gasteiger partial charge < -0.3 is 10.5 Å². The van der Waals surface area contributed by atoms with Crippen molar-refractivity contribution in [1.29, 1.82) is 0 Å². The van der Waals surface area contributed by atoms with Crippen molar-refractivity contribution in [3.05, 3.63) is 44.2 Å². The van der Waals surface area contributed by atoms with Gasteiger partial charge in [-0.05, 0) is 29.2 Å². The second-order valence-electron chi connectivity index (χ2n) is 6.91. The fourth-order valence-electron chi connectivity index (χ4n) is 3.16. The van der Waals surface area contributed by atoms with Crippen LogP contribution in [0.25, 0.3) is 10.2 Å². The van der Waals surface area contributed by atoms with Gasteiger partial charge in [0.2, 0.25) is 0 Å². The van der Waals surface area contributed by atoms with Gasteiger partial charge in [0.05, 0.1) is 28.1 Å². The lowest BCUT2D eigenvalue weighted by Crippen LogP contribution is -2.26. The van der Waals surface area contributed by atoms with E-state index in [4.69, 9.17) is 38.7 Å². The van der Waals surface area contributed by atoms with Gasteiger partial charge in [0.25, 0.3) is 0 Å². The van der Waals surface area contributed by atoms with E-state index >= 15 is 0 Å². The molecule has 0 aliphatic carbocycles. The van der Waals surface area contributed by atoms with Crippen LogP contribution in [-0.4, -0.2) is 16.1 Å². The quantitative estimate of drug-likeness (QED) is 0.400. The molecule has 142 valence electrons. The topological polar surface area (TPSA) is 61.0 Å². The van der Waals surface area contributed by atoms with Gasteiger partial charge in [-0.15, -0.1) is 11.3 Å². The number of nitrogens with zero attached hydrogens (tertiary/aromatic N) is 2. The van der Waals surface area contributed by atoms with Crippen LogP contribution in [0.5, 0.6) is 0 Å². The van der Waals surface area contributed by atoms with Crippen LogP contribution in [0.3, 0.4) is 0 Å². The molecular formula is C19H19Cl2N3OS2. The third-order valence-corrected chi connectivity index (χ3v) is 7.43. The van der Waals surface area contributed by atoms with Gasteiger partial charge in [0, 0.05) is 17.1 Å². The van der Waals surface area contributed by atoms with Crippen LogP contribution in [-0.2, 0) is 23.5 Å². The summed E-state index contributed by atoms with van der Waals surface area (Å²) in [7, 11) is 0. The molecule has 0 spiro atoms. The number of ether oxygens (including phenoxy) is 1. The molecule has 3 heterocycles. The molecule has 1 aromatic carbocycles. The molecule has 27 heavy (non-hydrogen) atoms. The van der Waals surface area contributed by atoms with Gasteiger partial charge in [0.15, 0.2) is 5.16 Å². The number of thioether (sulfide) groups is 1. The third-order valence-electron chi connectivity index (χ3n) is 4.67. The first-order valence-corrected chi connectivity index (χ1v) is 11.2. The average molecular weight is 440 g/mol. The monoisotopic (exact) mass is 439 g/mol. The summed E-state index contributed by atoms with van der Waals surface area (Å²) < 4.78 is 5.98. The zero-order valence-corrected chi connectivity index (χ0v) is 18.1. The predicted octanol–water partition coefficient (Wildman–Crippen LogP) is 5.97. The number of halogens is 2. The van der Waals surface area contributed by atoms with Gasteiger partial charge in [-0.25, -0.2) is 9.97 Å². The fourth-order valence-corrected chi connectivity index (χ4v) is 5.46. The van der Waals surface area contributed by atoms with Gasteiger partial charge in [0.1, 0.15) is 10.6 Å². The zero-order valence-electron chi connectivity index (χ0n) is 15.0. The molecule has 3 aromatic rings. The van der Waals surface area contributed by atoms with Gasteiger partial charge in [-0.1, -0.05) is 54.9 Å². The number of nitrogens with two attached hydrogens (primary N) is 1. The van der Waals surface area contributed by atoms with Gasteiger partial charge in [-0.2, -0.15) is 0 Å². The van der Waals surface area contributed by atoms with Crippen molar-refractivity contribution in [3.8, 4) is 0 Å². The summed E-state index contributed by atoms with van der Waals surface area (Å²) in [6, 6.07) is 5.62. The largest absolute Gasteiger partial charge is 0.383 e. The van der Waals surface area contributed by atoms with Crippen molar-refractivity contribution in [2.24, 2.45) is 5.92 Å². The molecule has 4 rings (SSSR count). The van der Waals surface area contributed by atoms with E-state index in [2.05, 4.69) is 18.8 Å². The van der Waals surface area contributed by atoms with Crippen molar-refractivity contribution >= 4 is 62.3 Å². The number of fused-ring (bicyclic) bond motifs is 3. The molecular weight excluding hydrogens is 421 g/mol. The molecule has 4 nitrogen and oxygen atoms in total. The zero-order chi connectivity index (χ0) is 19.1. The molecule has 0 bridgehead atoms. The SMILES string of the molecule is CC(C)C1Cc2c(sc3nc(SCc4ccc(Cl)c(Cl)c4)nc(N)c23)CO1.